The van der Waals surface area contributed by atoms with Gasteiger partial charge in [-0.1, -0.05) is 11.6 Å². The van der Waals surface area contributed by atoms with Gasteiger partial charge in [0.25, 0.3) is 0 Å². The Kier molecular flexibility index (Phi) is 6.14. The molecule has 2 rings (SSSR count). The van der Waals surface area contributed by atoms with E-state index in [0.29, 0.717) is 36.2 Å². The van der Waals surface area contributed by atoms with Crippen LogP contribution in [0.25, 0.3) is 0 Å². The zero-order valence-electron chi connectivity index (χ0n) is 14.4. The number of aliphatic hydroxyl groups is 1. The van der Waals surface area contributed by atoms with Crippen molar-refractivity contribution in [1.29, 1.82) is 0 Å². The molecule has 0 saturated carbocycles. The predicted molar refractivity (Wildman–Crippen MR) is 92.6 cm³/mol. The number of methoxy groups -OCH3 is 2. The van der Waals surface area contributed by atoms with Crippen LogP contribution < -0.4 is 9.47 Å². The summed E-state index contributed by atoms with van der Waals surface area (Å²) in [4.78, 5) is 4.28. The van der Waals surface area contributed by atoms with E-state index in [2.05, 4.69) is 4.90 Å². The summed E-state index contributed by atoms with van der Waals surface area (Å²) in [6.45, 7) is 2.94. The maximum atomic E-state index is 10.8. The zero-order chi connectivity index (χ0) is 17.0. The molecule has 5 nitrogen and oxygen atoms in total. The molecule has 0 aliphatic carbocycles. The fraction of sp³-hybridized carbons (Fsp3) is 0.647. The van der Waals surface area contributed by atoms with Gasteiger partial charge in [-0.2, -0.15) is 0 Å². The largest absolute Gasteiger partial charge is 0.493 e. The van der Waals surface area contributed by atoms with Gasteiger partial charge in [-0.05, 0) is 39.5 Å². The molecule has 6 heteroatoms. The van der Waals surface area contributed by atoms with Gasteiger partial charge < -0.3 is 19.5 Å². The number of nitrogens with zero attached hydrogens (tertiary/aromatic N) is 2. The Balaban J connectivity index is 2.17. The van der Waals surface area contributed by atoms with Crippen LogP contribution in [0.2, 0.25) is 5.02 Å². The van der Waals surface area contributed by atoms with E-state index in [-0.39, 0.29) is 0 Å². The molecule has 1 aromatic carbocycles. The highest BCUT2D eigenvalue weighted by molar-refractivity contribution is 6.30. The molecule has 1 saturated heterocycles. The van der Waals surface area contributed by atoms with Crippen molar-refractivity contribution >= 4 is 11.6 Å². The molecule has 1 aliphatic rings. The summed E-state index contributed by atoms with van der Waals surface area (Å²) in [6, 6.07) is 3.66. The van der Waals surface area contributed by atoms with Gasteiger partial charge in [0, 0.05) is 36.3 Å². The predicted octanol–water partition coefficient (Wildman–Crippen LogP) is 2.25. The second kappa shape index (κ2) is 7.71. The third-order valence-corrected chi connectivity index (χ3v) is 4.38. The minimum absolute atomic E-state index is 0.623. The molecule has 1 atom stereocenters. The van der Waals surface area contributed by atoms with E-state index in [1.165, 1.54) is 0 Å². The van der Waals surface area contributed by atoms with Gasteiger partial charge in [-0.3, -0.25) is 4.90 Å². The summed E-state index contributed by atoms with van der Waals surface area (Å²) in [5.74, 6) is 1.34. The van der Waals surface area contributed by atoms with E-state index in [1.54, 1.807) is 20.3 Å². The Hall–Kier alpha value is -1.01. The van der Waals surface area contributed by atoms with Crippen LogP contribution >= 0.6 is 11.6 Å². The summed E-state index contributed by atoms with van der Waals surface area (Å²) >= 11 is 6.19. The highest BCUT2D eigenvalue weighted by atomic mass is 35.5. The molecule has 23 heavy (non-hydrogen) atoms. The van der Waals surface area contributed by atoms with Gasteiger partial charge in [0.05, 0.1) is 19.8 Å². The Morgan fingerprint density at radius 1 is 1.30 bits per heavy atom. The number of rotatable bonds is 6. The standard InChI is InChI=1S/C17H27ClN2O3/c1-19(2)11-17(21)6-5-7-20(12-17)10-13-8-14(18)9-15(22-3)16(13)23-4/h8-9,21H,5-7,10-12H2,1-4H3/t17-/m0/s1. The first-order chi connectivity index (χ1) is 10.9. The molecule has 1 heterocycles. The van der Waals surface area contributed by atoms with Crippen LogP contribution in [0.3, 0.4) is 0 Å². The summed E-state index contributed by atoms with van der Waals surface area (Å²) in [6.07, 6.45) is 1.81. The summed E-state index contributed by atoms with van der Waals surface area (Å²) in [7, 11) is 7.21. The Bertz CT molecular complexity index is 539. The summed E-state index contributed by atoms with van der Waals surface area (Å²) < 4.78 is 10.9. The second-order valence-corrected chi connectivity index (χ2v) is 7.01. The highest BCUT2D eigenvalue weighted by Crippen LogP contribution is 2.36. The van der Waals surface area contributed by atoms with E-state index in [4.69, 9.17) is 21.1 Å². The third kappa shape index (κ3) is 4.73. The van der Waals surface area contributed by atoms with Gasteiger partial charge >= 0.3 is 0 Å². The molecule has 0 amide bonds. The first kappa shape index (κ1) is 18.3. The maximum Gasteiger partial charge on any atom is 0.165 e. The van der Waals surface area contributed by atoms with Crippen molar-refractivity contribution in [2.75, 3.05) is 47.9 Å². The molecule has 130 valence electrons. The van der Waals surface area contributed by atoms with E-state index >= 15 is 0 Å². The van der Waals surface area contributed by atoms with Crippen molar-refractivity contribution in [2.24, 2.45) is 0 Å². The van der Waals surface area contributed by atoms with Crippen molar-refractivity contribution in [3.05, 3.63) is 22.7 Å². The molecule has 0 spiro atoms. The Labute approximate surface area is 143 Å². The fourth-order valence-electron chi connectivity index (χ4n) is 3.42. The molecule has 1 fully saturated rings. The van der Waals surface area contributed by atoms with E-state index < -0.39 is 5.60 Å². The molecule has 1 aromatic rings. The molecule has 0 bridgehead atoms. The van der Waals surface area contributed by atoms with Gasteiger partial charge in [0.2, 0.25) is 0 Å². The highest BCUT2D eigenvalue weighted by Gasteiger charge is 2.34. The monoisotopic (exact) mass is 342 g/mol. The van der Waals surface area contributed by atoms with Crippen LogP contribution in [0.1, 0.15) is 18.4 Å². The molecule has 0 radical (unpaired) electrons. The number of likely N-dealkylation sites (N-methyl/N-ethyl adjacent to an activating group) is 1. The lowest BCUT2D eigenvalue weighted by Crippen LogP contribution is -2.52. The number of benzene rings is 1. The van der Waals surface area contributed by atoms with E-state index in [9.17, 15) is 5.11 Å². The number of β-amino-alcohol motifs (C(OH)–C–C–N with tert-alkyl or cyclic N) is 1. The lowest BCUT2D eigenvalue weighted by Gasteiger charge is -2.40. The van der Waals surface area contributed by atoms with Crippen LogP contribution in [0, 0.1) is 0 Å². The number of piperidine rings is 1. The average molecular weight is 343 g/mol. The molecule has 0 aromatic heterocycles. The lowest BCUT2D eigenvalue weighted by atomic mass is 9.92. The first-order valence-corrected chi connectivity index (χ1v) is 8.24. The molecule has 1 aliphatic heterocycles. The third-order valence-electron chi connectivity index (χ3n) is 4.16. The van der Waals surface area contributed by atoms with Gasteiger partial charge in [0.1, 0.15) is 0 Å². The van der Waals surface area contributed by atoms with Crippen molar-refractivity contribution in [3.63, 3.8) is 0 Å². The van der Waals surface area contributed by atoms with Crippen molar-refractivity contribution in [1.82, 2.24) is 9.80 Å². The number of ether oxygens (including phenoxy) is 2. The smallest absolute Gasteiger partial charge is 0.165 e. The van der Waals surface area contributed by atoms with Crippen LogP contribution in [-0.2, 0) is 6.54 Å². The van der Waals surface area contributed by atoms with E-state index in [1.807, 2.05) is 25.1 Å². The molecular weight excluding hydrogens is 316 g/mol. The number of halogens is 1. The SMILES string of the molecule is COc1cc(Cl)cc(CN2CCC[C@](O)(CN(C)C)C2)c1OC. The Morgan fingerprint density at radius 2 is 2.04 bits per heavy atom. The number of hydrogen-bond donors (Lipinski definition) is 1. The molecule has 1 N–H and O–H groups in total. The van der Waals surface area contributed by atoms with Gasteiger partial charge in [-0.25, -0.2) is 0 Å². The van der Waals surface area contributed by atoms with Crippen LogP contribution in [-0.4, -0.2) is 68.5 Å². The first-order valence-electron chi connectivity index (χ1n) is 7.87. The van der Waals surface area contributed by atoms with Crippen molar-refractivity contribution < 1.29 is 14.6 Å². The minimum atomic E-state index is -0.669. The second-order valence-electron chi connectivity index (χ2n) is 6.58. The normalized spacial score (nSPS) is 22.4. The molecule has 0 unspecified atom stereocenters. The Morgan fingerprint density at radius 3 is 2.65 bits per heavy atom. The number of hydrogen-bond acceptors (Lipinski definition) is 5. The zero-order valence-corrected chi connectivity index (χ0v) is 15.2. The average Bonchev–Trinajstić information content (AvgIpc) is 2.45. The summed E-state index contributed by atoms with van der Waals surface area (Å²) in [5.41, 5.74) is 0.309. The topological polar surface area (TPSA) is 45.2 Å². The fourth-order valence-corrected chi connectivity index (χ4v) is 3.65. The number of likely N-dealkylation sites (tertiary alicyclic amines) is 1. The quantitative estimate of drug-likeness (QED) is 0.859. The van der Waals surface area contributed by atoms with Crippen LogP contribution in [0.15, 0.2) is 12.1 Å². The van der Waals surface area contributed by atoms with Crippen LogP contribution in [0.5, 0.6) is 11.5 Å². The van der Waals surface area contributed by atoms with Gasteiger partial charge in [0.15, 0.2) is 11.5 Å². The summed E-state index contributed by atoms with van der Waals surface area (Å²) in [5, 5.41) is 11.4. The van der Waals surface area contributed by atoms with Gasteiger partial charge in [-0.15, -0.1) is 0 Å². The lowest BCUT2D eigenvalue weighted by molar-refractivity contribution is -0.0481. The van der Waals surface area contributed by atoms with Crippen molar-refractivity contribution in [3.8, 4) is 11.5 Å². The van der Waals surface area contributed by atoms with Crippen molar-refractivity contribution in [2.45, 2.75) is 25.0 Å². The van der Waals surface area contributed by atoms with Crippen LogP contribution in [0.4, 0.5) is 0 Å². The van der Waals surface area contributed by atoms with E-state index in [0.717, 1.165) is 24.9 Å². The minimum Gasteiger partial charge on any atom is -0.493 e. The maximum absolute atomic E-state index is 10.8. The molecular formula is C17H27ClN2O3.